The Morgan fingerprint density at radius 1 is 1.37 bits per heavy atom. The Bertz CT molecular complexity index is 276. The first kappa shape index (κ1) is 14.7. The van der Waals surface area contributed by atoms with Gasteiger partial charge >= 0.3 is 0 Å². The number of likely N-dealkylation sites (N-methyl/N-ethyl adjacent to an activating group) is 1. The molecule has 2 aliphatic heterocycles. The molecule has 0 aromatic rings. The van der Waals surface area contributed by atoms with Crippen LogP contribution in [-0.4, -0.2) is 76.0 Å². The minimum absolute atomic E-state index is 0.0572. The molecule has 2 N–H and O–H groups in total. The molecular formula is C13H25N3O3. The molecule has 19 heavy (non-hydrogen) atoms. The van der Waals surface area contributed by atoms with Crippen molar-refractivity contribution in [2.45, 2.75) is 25.0 Å². The van der Waals surface area contributed by atoms with Crippen LogP contribution >= 0.6 is 0 Å². The van der Waals surface area contributed by atoms with Crippen LogP contribution in [-0.2, 0) is 14.3 Å². The average molecular weight is 271 g/mol. The summed E-state index contributed by atoms with van der Waals surface area (Å²) in [5, 5.41) is 6.22. The maximum Gasteiger partial charge on any atom is 0.234 e. The molecule has 1 amide bonds. The zero-order valence-electron chi connectivity index (χ0n) is 11.7. The van der Waals surface area contributed by atoms with E-state index < -0.39 is 0 Å². The molecule has 110 valence electrons. The number of hydrogen-bond acceptors (Lipinski definition) is 5. The van der Waals surface area contributed by atoms with E-state index >= 15 is 0 Å². The second-order valence-corrected chi connectivity index (χ2v) is 5.33. The van der Waals surface area contributed by atoms with E-state index in [1.807, 2.05) is 11.9 Å². The van der Waals surface area contributed by atoms with E-state index in [0.29, 0.717) is 13.1 Å². The first-order valence-corrected chi connectivity index (χ1v) is 7.13. The highest BCUT2D eigenvalue weighted by atomic mass is 16.5. The van der Waals surface area contributed by atoms with Crippen LogP contribution in [0.5, 0.6) is 0 Å². The molecule has 6 nitrogen and oxygen atoms in total. The minimum atomic E-state index is 0.0572. The van der Waals surface area contributed by atoms with Crippen LogP contribution < -0.4 is 10.6 Å². The van der Waals surface area contributed by atoms with Gasteiger partial charge in [-0.2, -0.15) is 0 Å². The minimum Gasteiger partial charge on any atom is -0.376 e. The van der Waals surface area contributed by atoms with Crippen molar-refractivity contribution >= 4 is 5.91 Å². The van der Waals surface area contributed by atoms with Crippen LogP contribution in [0.1, 0.15) is 12.8 Å². The van der Waals surface area contributed by atoms with Gasteiger partial charge in [0.05, 0.1) is 25.4 Å². The summed E-state index contributed by atoms with van der Waals surface area (Å²) in [5.74, 6) is 0.0572. The molecule has 0 bridgehead atoms. The zero-order chi connectivity index (χ0) is 13.5. The van der Waals surface area contributed by atoms with Crippen molar-refractivity contribution in [2.75, 3.05) is 53.0 Å². The molecule has 0 spiro atoms. The molecule has 0 aromatic carbocycles. The molecule has 6 heteroatoms. The quantitative estimate of drug-likeness (QED) is 0.662. The van der Waals surface area contributed by atoms with Gasteiger partial charge in [-0.3, -0.25) is 9.69 Å². The number of nitrogens with one attached hydrogen (secondary N) is 2. The molecule has 2 fully saturated rings. The molecule has 2 saturated heterocycles. The lowest BCUT2D eigenvalue weighted by atomic mass is 10.2. The molecule has 2 heterocycles. The maximum atomic E-state index is 11.8. The fourth-order valence-electron chi connectivity index (χ4n) is 2.48. The van der Waals surface area contributed by atoms with Gasteiger partial charge in [-0.1, -0.05) is 0 Å². The number of ether oxygens (including phenoxy) is 2. The lowest BCUT2D eigenvalue weighted by Gasteiger charge is -2.27. The molecule has 2 atom stereocenters. The summed E-state index contributed by atoms with van der Waals surface area (Å²) < 4.78 is 11.1. The van der Waals surface area contributed by atoms with Gasteiger partial charge in [-0.25, -0.2) is 0 Å². The van der Waals surface area contributed by atoms with E-state index in [1.54, 1.807) is 0 Å². The summed E-state index contributed by atoms with van der Waals surface area (Å²) in [5.41, 5.74) is 0. The number of hydrogen-bond donors (Lipinski definition) is 2. The highest BCUT2D eigenvalue weighted by Crippen LogP contribution is 2.10. The molecule has 2 aliphatic rings. The van der Waals surface area contributed by atoms with E-state index in [4.69, 9.17) is 9.47 Å². The van der Waals surface area contributed by atoms with Crippen molar-refractivity contribution in [3.63, 3.8) is 0 Å². The van der Waals surface area contributed by atoms with Crippen LogP contribution in [0.25, 0.3) is 0 Å². The van der Waals surface area contributed by atoms with Gasteiger partial charge in [0.1, 0.15) is 0 Å². The summed E-state index contributed by atoms with van der Waals surface area (Å²) in [7, 11) is 1.95. The lowest BCUT2D eigenvalue weighted by Crippen LogP contribution is -2.46. The van der Waals surface area contributed by atoms with Gasteiger partial charge in [-0.15, -0.1) is 0 Å². The first-order valence-electron chi connectivity index (χ1n) is 7.13. The van der Waals surface area contributed by atoms with Gasteiger partial charge in [0, 0.05) is 32.8 Å². The van der Waals surface area contributed by atoms with Gasteiger partial charge in [-0.05, 0) is 19.9 Å². The van der Waals surface area contributed by atoms with Crippen LogP contribution in [0.4, 0.5) is 0 Å². The van der Waals surface area contributed by atoms with Crippen molar-refractivity contribution in [3.05, 3.63) is 0 Å². The second kappa shape index (κ2) is 7.79. The number of morpholine rings is 1. The Hall–Kier alpha value is -0.690. The third-order valence-electron chi connectivity index (χ3n) is 3.48. The van der Waals surface area contributed by atoms with Crippen molar-refractivity contribution in [3.8, 4) is 0 Å². The third kappa shape index (κ3) is 5.44. The SMILES string of the molecule is CN(CC(=O)NCC1CCCO1)CC1CNCCO1. The van der Waals surface area contributed by atoms with E-state index in [-0.39, 0.29) is 18.1 Å². The largest absolute Gasteiger partial charge is 0.376 e. The van der Waals surface area contributed by atoms with Crippen molar-refractivity contribution in [1.82, 2.24) is 15.5 Å². The Labute approximate surface area is 114 Å². The summed E-state index contributed by atoms with van der Waals surface area (Å²) in [6, 6.07) is 0. The molecule has 0 aromatic heterocycles. The fourth-order valence-corrected chi connectivity index (χ4v) is 2.48. The molecule has 2 unspecified atom stereocenters. The maximum absolute atomic E-state index is 11.8. The summed E-state index contributed by atoms with van der Waals surface area (Å²) in [6.07, 6.45) is 2.55. The summed E-state index contributed by atoms with van der Waals surface area (Å²) in [4.78, 5) is 13.8. The Morgan fingerprint density at radius 3 is 2.89 bits per heavy atom. The van der Waals surface area contributed by atoms with Crippen LogP contribution in [0, 0.1) is 0 Å². The van der Waals surface area contributed by atoms with E-state index in [9.17, 15) is 4.79 Å². The highest BCUT2D eigenvalue weighted by molar-refractivity contribution is 5.77. The Balaban J connectivity index is 1.57. The van der Waals surface area contributed by atoms with Crippen molar-refractivity contribution in [2.24, 2.45) is 0 Å². The predicted molar refractivity (Wildman–Crippen MR) is 72.1 cm³/mol. The van der Waals surface area contributed by atoms with Crippen LogP contribution in [0.2, 0.25) is 0 Å². The molecule has 2 rings (SSSR count). The third-order valence-corrected chi connectivity index (χ3v) is 3.48. The van der Waals surface area contributed by atoms with Gasteiger partial charge in [0.15, 0.2) is 0 Å². The number of carbonyl (C=O) groups excluding carboxylic acids is 1. The van der Waals surface area contributed by atoms with Crippen molar-refractivity contribution in [1.29, 1.82) is 0 Å². The zero-order valence-corrected chi connectivity index (χ0v) is 11.7. The second-order valence-electron chi connectivity index (χ2n) is 5.33. The smallest absolute Gasteiger partial charge is 0.234 e. The molecule has 0 saturated carbocycles. The van der Waals surface area contributed by atoms with Gasteiger partial charge in [0.2, 0.25) is 5.91 Å². The topological polar surface area (TPSA) is 62.8 Å². The van der Waals surface area contributed by atoms with E-state index in [1.165, 1.54) is 0 Å². The van der Waals surface area contributed by atoms with Crippen molar-refractivity contribution < 1.29 is 14.3 Å². The monoisotopic (exact) mass is 271 g/mol. The number of nitrogens with zero attached hydrogens (tertiary/aromatic N) is 1. The number of rotatable bonds is 6. The standard InChI is InChI=1S/C13H25N3O3/c1-16(9-12-7-14-4-6-19-12)10-13(17)15-8-11-3-2-5-18-11/h11-12,14H,2-10H2,1H3,(H,15,17). The lowest BCUT2D eigenvalue weighted by molar-refractivity contribution is -0.122. The number of carbonyl (C=O) groups is 1. The normalized spacial score (nSPS) is 27.7. The summed E-state index contributed by atoms with van der Waals surface area (Å²) >= 11 is 0. The molecular weight excluding hydrogens is 246 g/mol. The highest BCUT2D eigenvalue weighted by Gasteiger charge is 2.19. The van der Waals surface area contributed by atoms with Crippen LogP contribution in [0.3, 0.4) is 0 Å². The first-order chi connectivity index (χ1) is 9.24. The van der Waals surface area contributed by atoms with Gasteiger partial charge in [0.25, 0.3) is 0 Å². The van der Waals surface area contributed by atoms with Crippen LogP contribution in [0.15, 0.2) is 0 Å². The van der Waals surface area contributed by atoms with E-state index in [0.717, 1.165) is 45.7 Å². The fraction of sp³-hybridized carbons (Fsp3) is 0.923. The molecule has 0 radical (unpaired) electrons. The Morgan fingerprint density at radius 2 is 2.21 bits per heavy atom. The molecule has 0 aliphatic carbocycles. The Kier molecular flexibility index (Phi) is 6.03. The van der Waals surface area contributed by atoms with E-state index in [2.05, 4.69) is 10.6 Å². The van der Waals surface area contributed by atoms with Gasteiger partial charge < -0.3 is 20.1 Å². The average Bonchev–Trinajstić information content (AvgIpc) is 2.90. The number of amides is 1. The summed E-state index contributed by atoms with van der Waals surface area (Å²) in [6.45, 7) is 5.18. The predicted octanol–water partition coefficient (Wildman–Crippen LogP) is -0.798.